The minimum absolute atomic E-state index is 0.0282. The lowest BCUT2D eigenvalue weighted by Crippen LogP contribution is -2.47. The maximum absolute atomic E-state index is 12.5. The molecule has 1 N–H and O–H groups in total. The molecule has 138 valence electrons. The molecule has 1 aromatic heterocycles. The average molecular weight is 360 g/mol. The first-order chi connectivity index (χ1) is 12.5. The van der Waals surface area contributed by atoms with E-state index >= 15 is 0 Å². The van der Waals surface area contributed by atoms with Crippen molar-refractivity contribution in [1.82, 2.24) is 19.9 Å². The maximum Gasteiger partial charge on any atom is 0.358 e. The molecule has 2 aliphatic rings. The van der Waals surface area contributed by atoms with Gasteiger partial charge in [-0.15, -0.1) is 17.4 Å². The van der Waals surface area contributed by atoms with Gasteiger partial charge in [-0.2, -0.15) is 10.2 Å². The lowest BCUT2D eigenvalue weighted by Gasteiger charge is -2.33. The molecule has 1 fully saturated rings. The molecule has 0 radical (unpaired) electrons. The number of amides is 1. The van der Waals surface area contributed by atoms with Crippen LogP contribution in [0.3, 0.4) is 0 Å². The quantitative estimate of drug-likeness (QED) is 0.676. The predicted molar refractivity (Wildman–Crippen MR) is 88.2 cm³/mol. The largest absolute Gasteiger partial charge is 0.476 e. The molecule has 0 spiro atoms. The topological polar surface area (TPSA) is 122 Å². The van der Waals surface area contributed by atoms with Crippen LogP contribution in [-0.4, -0.2) is 68.3 Å². The number of carbonyl (C=O) groups is 2. The van der Waals surface area contributed by atoms with Crippen molar-refractivity contribution in [2.45, 2.75) is 44.0 Å². The third-order valence-corrected chi connectivity index (χ3v) is 4.43. The van der Waals surface area contributed by atoms with E-state index in [9.17, 15) is 9.59 Å². The van der Waals surface area contributed by atoms with E-state index in [1.54, 1.807) is 4.90 Å². The summed E-state index contributed by atoms with van der Waals surface area (Å²) in [4.78, 5) is 25.1. The number of carbonyl (C=O) groups excluding carboxylic acids is 1. The van der Waals surface area contributed by atoms with Crippen LogP contribution in [0.1, 0.15) is 36.2 Å². The molecule has 3 rings (SSSR count). The highest BCUT2D eigenvalue weighted by Crippen LogP contribution is 2.37. The van der Waals surface area contributed by atoms with Crippen LogP contribution in [0.15, 0.2) is 16.4 Å². The molecule has 26 heavy (non-hydrogen) atoms. The molecular formula is C16H20N6O4. The second-order valence-corrected chi connectivity index (χ2v) is 6.35. The number of hydrogen-bond donors (Lipinski definition) is 1. The zero-order valence-corrected chi connectivity index (χ0v) is 14.2. The monoisotopic (exact) mass is 360 g/mol. The standard InChI is InChI=1S/C16H20N6O4/c1-2-3-5-16(18-19-16)6-4-14(23)21-7-8-26-12(9-21)10-22-11-13(15(24)25)17-20-22/h1,11-12H,3-10H2,(H,24,25). The Morgan fingerprint density at radius 1 is 1.42 bits per heavy atom. The van der Waals surface area contributed by atoms with Crippen molar-refractivity contribution in [3.05, 3.63) is 11.9 Å². The summed E-state index contributed by atoms with van der Waals surface area (Å²) in [5.41, 5.74) is -0.579. The summed E-state index contributed by atoms with van der Waals surface area (Å²) in [5.74, 6) is 1.47. The van der Waals surface area contributed by atoms with Crippen molar-refractivity contribution in [2.75, 3.05) is 19.7 Å². The molecular weight excluding hydrogens is 340 g/mol. The van der Waals surface area contributed by atoms with Crippen molar-refractivity contribution in [1.29, 1.82) is 0 Å². The smallest absolute Gasteiger partial charge is 0.358 e. The fraction of sp³-hybridized carbons (Fsp3) is 0.625. The van der Waals surface area contributed by atoms with Crippen molar-refractivity contribution >= 4 is 11.9 Å². The molecule has 1 aromatic rings. The van der Waals surface area contributed by atoms with Gasteiger partial charge in [0.2, 0.25) is 5.91 Å². The number of rotatable bonds is 8. The highest BCUT2D eigenvalue weighted by molar-refractivity contribution is 5.84. The molecule has 0 saturated carbocycles. The van der Waals surface area contributed by atoms with Crippen molar-refractivity contribution < 1.29 is 19.4 Å². The maximum atomic E-state index is 12.5. The minimum Gasteiger partial charge on any atom is -0.476 e. The third-order valence-electron chi connectivity index (χ3n) is 4.43. The molecule has 1 saturated heterocycles. The lowest BCUT2D eigenvalue weighted by atomic mass is 10.0. The first-order valence-electron chi connectivity index (χ1n) is 8.42. The summed E-state index contributed by atoms with van der Waals surface area (Å²) in [7, 11) is 0. The molecule has 0 aromatic carbocycles. The lowest BCUT2D eigenvalue weighted by molar-refractivity contribution is -0.139. The second-order valence-electron chi connectivity index (χ2n) is 6.35. The number of hydrogen-bond acceptors (Lipinski definition) is 7. The van der Waals surface area contributed by atoms with Crippen molar-refractivity contribution in [3.8, 4) is 12.3 Å². The van der Waals surface area contributed by atoms with Crippen LogP contribution in [0.4, 0.5) is 0 Å². The van der Waals surface area contributed by atoms with E-state index in [0.717, 1.165) is 0 Å². The Hall–Kier alpha value is -2.80. The molecule has 3 heterocycles. The van der Waals surface area contributed by atoms with E-state index in [2.05, 4.69) is 26.5 Å². The SMILES string of the molecule is C#CCCC1(CCC(=O)N2CCOC(Cn3cc(C(=O)O)nn3)C2)N=N1. The van der Waals surface area contributed by atoms with E-state index in [1.165, 1.54) is 10.9 Å². The number of nitrogens with zero attached hydrogens (tertiary/aromatic N) is 6. The van der Waals surface area contributed by atoms with Gasteiger partial charge in [0.1, 0.15) is 0 Å². The van der Waals surface area contributed by atoms with Crippen LogP contribution >= 0.6 is 0 Å². The highest BCUT2D eigenvalue weighted by Gasteiger charge is 2.40. The Morgan fingerprint density at radius 3 is 2.88 bits per heavy atom. The summed E-state index contributed by atoms with van der Waals surface area (Å²) < 4.78 is 7.07. The van der Waals surface area contributed by atoms with Gasteiger partial charge >= 0.3 is 5.97 Å². The van der Waals surface area contributed by atoms with Crippen LogP contribution in [0.25, 0.3) is 0 Å². The third kappa shape index (κ3) is 4.43. The van der Waals surface area contributed by atoms with Gasteiger partial charge < -0.3 is 14.7 Å². The fourth-order valence-corrected chi connectivity index (χ4v) is 2.88. The van der Waals surface area contributed by atoms with E-state index in [0.29, 0.717) is 51.9 Å². The Bertz CT molecular complexity index is 746. The van der Waals surface area contributed by atoms with Crippen LogP contribution in [-0.2, 0) is 16.1 Å². The molecule has 10 nitrogen and oxygen atoms in total. The van der Waals surface area contributed by atoms with Crippen LogP contribution in [0.5, 0.6) is 0 Å². The van der Waals surface area contributed by atoms with E-state index in [1.807, 2.05) is 0 Å². The minimum atomic E-state index is -1.13. The number of ether oxygens (including phenoxy) is 1. The zero-order valence-electron chi connectivity index (χ0n) is 14.2. The van der Waals surface area contributed by atoms with Crippen molar-refractivity contribution in [2.24, 2.45) is 10.2 Å². The Labute approximate surface area is 150 Å². The number of carboxylic acid groups (broad SMARTS) is 1. The van der Waals surface area contributed by atoms with Gasteiger partial charge in [0.15, 0.2) is 11.4 Å². The predicted octanol–water partition coefficient (Wildman–Crippen LogP) is 0.559. The molecule has 0 bridgehead atoms. The van der Waals surface area contributed by atoms with Crippen molar-refractivity contribution in [3.63, 3.8) is 0 Å². The second kappa shape index (κ2) is 7.61. The normalized spacial score (nSPS) is 20.6. The van der Waals surface area contributed by atoms with Gasteiger partial charge in [0.25, 0.3) is 0 Å². The van der Waals surface area contributed by atoms with Crippen LogP contribution in [0.2, 0.25) is 0 Å². The number of carboxylic acids is 1. The summed E-state index contributed by atoms with van der Waals surface area (Å²) >= 11 is 0. The van der Waals surface area contributed by atoms with E-state index < -0.39 is 11.6 Å². The van der Waals surface area contributed by atoms with Gasteiger partial charge in [-0.05, 0) is 0 Å². The van der Waals surface area contributed by atoms with Gasteiger partial charge in [0, 0.05) is 38.8 Å². The zero-order chi connectivity index (χ0) is 18.6. The van der Waals surface area contributed by atoms with Gasteiger partial charge in [-0.3, -0.25) is 4.79 Å². The Kier molecular flexibility index (Phi) is 5.27. The molecule has 1 unspecified atom stereocenters. The molecule has 0 aliphatic carbocycles. The van der Waals surface area contributed by atoms with Gasteiger partial charge in [0.05, 0.1) is 25.5 Å². The summed E-state index contributed by atoms with van der Waals surface area (Å²) in [6, 6.07) is 0. The molecule has 1 amide bonds. The molecule has 2 aliphatic heterocycles. The highest BCUT2D eigenvalue weighted by atomic mass is 16.5. The first kappa shape index (κ1) is 18.0. The fourth-order valence-electron chi connectivity index (χ4n) is 2.88. The molecule has 10 heteroatoms. The van der Waals surface area contributed by atoms with Crippen LogP contribution in [0, 0.1) is 12.3 Å². The van der Waals surface area contributed by atoms with E-state index in [4.69, 9.17) is 16.3 Å². The van der Waals surface area contributed by atoms with Gasteiger partial charge in [-0.25, -0.2) is 9.48 Å². The number of terminal acetylenes is 1. The summed E-state index contributed by atoms with van der Waals surface area (Å²) in [5, 5.41) is 24.3. The van der Waals surface area contributed by atoms with Crippen LogP contribution < -0.4 is 0 Å². The Morgan fingerprint density at radius 2 is 2.23 bits per heavy atom. The molecule has 1 atom stereocenters. The average Bonchev–Trinajstić information content (AvgIpc) is 3.26. The number of morpholine rings is 1. The first-order valence-corrected chi connectivity index (χ1v) is 8.42. The number of aromatic nitrogens is 3. The van der Waals surface area contributed by atoms with Gasteiger partial charge in [-0.1, -0.05) is 5.21 Å². The number of aromatic carboxylic acids is 1. The van der Waals surface area contributed by atoms with E-state index in [-0.39, 0.29) is 17.7 Å². The Balaban J connectivity index is 1.47. The summed E-state index contributed by atoms with van der Waals surface area (Å²) in [6.45, 7) is 1.71. The summed E-state index contributed by atoms with van der Waals surface area (Å²) in [6.07, 6.45) is 8.55.